The third kappa shape index (κ3) is 3.32. The molecule has 1 aliphatic heterocycles. The zero-order valence-electron chi connectivity index (χ0n) is 11.0. The normalized spacial score (nSPS) is 20.5. The molecule has 2 heterocycles. The highest BCUT2D eigenvalue weighted by atomic mass is 16.2. The summed E-state index contributed by atoms with van der Waals surface area (Å²) in [4.78, 5) is 11.8. The van der Waals surface area contributed by atoms with Crippen molar-refractivity contribution in [1.82, 2.24) is 20.4 Å². The quantitative estimate of drug-likeness (QED) is 0.821. The molecule has 2 rings (SSSR count). The fourth-order valence-corrected chi connectivity index (χ4v) is 2.29. The molecule has 0 aliphatic carbocycles. The summed E-state index contributed by atoms with van der Waals surface area (Å²) in [6.07, 6.45) is 5.99. The van der Waals surface area contributed by atoms with Crippen LogP contribution in [0.2, 0.25) is 0 Å². The number of rotatable bonds is 5. The minimum Gasteiger partial charge on any atom is -0.355 e. The average Bonchev–Trinajstić information content (AvgIpc) is 2.70. The first-order valence-electron chi connectivity index (χ1n) is 6.83. The Hall–Kier alpha value is -1.36. The van der Waals surface area contributed by atoms with Crippen LogP contribution in [0, 0.1) is 0 Å². The van der Waals surface area contributed by atoms with Crippen LogP contribution in [0.15, 0.2) is 12.3 Å². The highest BCUT2D eigenvalue weighted by molar-refractivity contribution is 5.81. The summed E-state index contributed by atoms with van der Waals surface area (Å²) >= 11 is 0. The van der Waals surface area contributed by atoms with Gasteiger partial charge in [-0.15, -0.1) is 0 Å². The minimum absolute atomic E-state index is 0.0579. The van der Waals surface area contributed by atoms with Crippen LogP contribution < -0.4 is 10.6 Å². The molecular weight excluding hydrogens is 228 g/mol. The molecular formula is C13H22N4O. The van der Waals surface area contributed by atoms with Gasteiger partial charge in [0.05, 0.1) is 11.7 Å². The molecule has 1 amide bonds. The molecule has 100 valence electrons. The van der Waals surface area contributed by atoms with Crippen molar-refractivity contribution in [3.63, 3.8) is 0 Å². The third-order valence-electron chi connectivity index (χ3n) is 3.30. The minimum atomic E-state index is -0.0579. The second-order valence-corrected chi connectivity index (χ2v) is 4.77. The van der Waals surface area contributed by atoms with Crippen molar-refractivity contribution in [3.05, 3.63) is 18.0 Å². The molecule has 5 nitrogen and oxygen atoms in total. The molecule has 18 heavy (non-hydrogen) atoms. The van der Waals surface area contributed by atoms with Gasteiger partial charge in [-0.25, -0.2) is 0 Å². The van der Waals surface area contributed by atoms with E-state index < -0.39 is 0 Å². The van der Waals surface area contributed by atoms with Gasteiger partial charge in [-0.2, -0.15) is 5.10 Å². The third-order valence-corrected chi connectivity index (χ3v) is 3.30. The smallest absolute Gasteiger partial charge is 0.237 e. The highest BCUT2D eigenvalue weighted by Gasteiger charge is 2.20. The number of hydrogen-bond acceptors (Lipinski definition) is 3. The molecule has 1 unspecified atom stereocenters. The SMILES string of the molecule is CCCn1nccc1CNC1CCCCNC1=O. The Bertz CT molecular complexity index is 388. The van der Waals surface area contributed by atoms with E-state index >= 15 is 0 Å². The number of aromatic nitrogens is 2. The predicted molar refractivity (Wildman–Crippen MR) is 70.0 cm³/mol. The van der Waals surface area contributed by atoms with Gasteiger partial charge >= 0.3 is 0 Å². The van der Waals surface area contributed by atoms with Gasteiger partial charge in [0, 0.05) is 25.8 Å². The van der Waals surface area contributed by atoms with Crippen LogP contribution in [0.25, 0.3) is 0 Å². The topological polar surface area (TPSA) is 59.0 Å². The summed E-state index contributed by atoms with van der Waals surface area (Å²) in [5, 5.41) is 10.6. The van der Waals surface area contributed by atoms with Crippen LogP contribution >= 0.6 is 0 Å². The number of carbonyl (C=O) groups excluding carboxylic acids is 1. The number of nitrogens with one attached hydrogen (secondary N) is 2. The second kappa shape index (κ2) is 6.54. The van der Waals surface area contributed by atoms with E-state index in [2.05, 4.69) is 22.7 Å². The fourth-order valence-electron chi connectivity index (χ4n) is 2.29. The lowest BCUT2D eigenvalue weighted by Gasteiger charge is -2.15. The Labute approximate surface area is 108 Å². The molecule has 0 spiro atoms. The van der Waals surface area contributed by atoms with Gasteiger partial charge in [-0.3, -0.25) is 9.48 Å². The maximum absolute atomic E-state index is 11.8. The van der Waals surface area contributed by atoms with Crippen LogP contribution in [-0.2, 0) is 17.9 Å². The van der Waals surface area contributed by atoms with Gasteiger partial charge < -0.3 is 10.6 Å². The van der Waals surface area contributed by atoms with Crippen molar-refractivity contribution < 1.29 is 4.79 Å². The van der Waals surface area contributed by atoms with E-state index in [1.165, 1.54) is 0 Å². The molecule has 1 saturated heterocycles. The lowest BCUT2D eigenvalue weighted by Crippen LogP contribution is -2.42. The summed E-state index contributed by atoms with van der Waals surface area (Å²) in [6, 6.07) is 1.95. The Kier molecular flexibility index (Phi) is 4.75. The van der Waals surface area contributed by atoms with Crippen LogP contribution in [0.1, 0.15) is 38.3 Å². The maximum Gasteiger partial charge on any atom is 0.237 e. The van der Waals surface area contributed by atoms with Crippen molar-refractivity contribution in [2.75, 3.05) is 6.54 Å². The Morgan fingerprint density at radius 1 is 1.56 bits per heavy atom. The summed E-state index contributed by atoms with van der Waals surface area (Å²) in [7, 11) is 0. The van der Waals surface area contributed by atoms with Crippen LogP contribution in [0.5, 0.6) is 0 Å². The van der Waals surface area contributed by atoms with E-state index in [1.54, 1.807) is 0 Å². The molecule has 5 heteroatoms. The van der Waals surface area contributed by atoms with E-state index in [1.807, 2.05) is 16.9 Å². The molecule has 2 N–H and O–H groups in total. The average molecular weight is 250 g/mol. The largest absolute Gasteiger partial charge is 0.355 e. The number of aryl methyl sites for hydroxylation is 1. The van der Waals surface area contributed by atoms with Crippen LogP contribution in [0.3, 0.4) is 0 Å². The molecule has 1 fully saturated rings. The van der Waals surface area contributed by atoms with E-state index in [-0.39, 0.29) is 11.9 Å². The molecule has 1 aromatic heterocycles. The molecule has 1 aliphatic rings. The number of nitrogens with zero attached hydrogens (tertiary/aromatic N) is 2. The molecule has 0 aromatic carbocycles. The summed E-state index contributed by atoms with van der Waals surface area (Å²) < 4.78 is 2.00. The molecule has 0 bridgehead atoms. The molecule has 0 saturated carbocycles. The van der Waals surface area contributed by atoms with Crippen LogP contribution in [-0.4, -0.2) is 28.3 Å². The zero-order chi connectivity index (χ0) is 12.8. The van der Waals surface area contributed by atoms with Gasteiger partial charge in [0.25, 0.3) is 0 Å². The van der Waals surface area contributed by atoms with Crippen molar-refractivity contribution in [1.29, 1.82) is 0 Å². The van der Waals surface area contributed by atoms with E-state index in [0.717, 1.165) is 44.5 Å². The summed E-state index contributed by atoms with van der Waals surface area (Å²) in [6.45, 7) is 4.58. The number of amides is 1. The van der Waals surface area contributed by atoms with Crippen molar-refractivity contribution in [2.24, 2.45) is 0 Å². The highest BCUT2D eigenvalue weighted by Crippen LogP contribution is 2.07. The first-order valence-corrected chi connectivity index (χ1v) is 6.83. The van der Waals surface area contributed by atoms with Gasteiger partial charge in [0.15, 0.2) is 0 Å². The van der Waals surface area contributed by atoms with Gasteiger partial charge in [-0.1, -0.05) is 6.92 Å². The monoisotopic (exact) mass is 250 g/mol. The molecule has 0 radical (unpaired) electrons. The van der Waals surface area contributed by atoms with Crippen LogP contribution in [0.4, 0.5) is 0 Å². The Morgan fingerprint density at radius 2 is 2.44 bits per heavy atom. The van der Waals surface area contributed by atoms with Gasteiger partial charge in [0.1, 0.15) is 0 Å². The van der Waals surface area contributed by atoms with Crippen molar-refractivity contribution in [2.45, 2.75) is 51.7 Å². The summed E-state index contributed by atoms with van der Waals surface area (Å²) in [5.41, 5.74) is 1.15. The summed E-state index contributed by atoms with van der Waals surface area (Å²) in [5.74, 6) is 0.133. The predicted octanol–water partition coefficient (Wildman–Crippen LogP) is 1.05. The lowest BCUT2D eigenvalue weighted by molar-refractivity contribution is -0.122. The molecule has 1 aromatic rings. The number of hydrogen-bond donors (Lipinski definition) is 2. The number of carbonyl (C=O) groups is 1. The zero-order valence-corrected chi connectivity index (χ0v) is 11.0. The Balaban J connectivity index is 1.89. The maximum atomic E-state index is 11.8. The van der Waals surface area contributed by atoms with Gasteiger partial charge in [0.2, 0.25) is 5.91 Å². The van der Waals surface area contributed by atoms with Crippen molar-refractivity contribution in [3.8, 4) is 0 Å². The first kappa shape index (κ1) is 13.1. The van der Waals surface area contributed by atoms with Crippen molar-refractivity contribution >= 4 is 5.91 Å². The Morgan fingerprint density at radius 3 is 3.28 bits per heavy atom. The lowest BCUT2D eigenvalue weighted by atomic mass is 10.1. The second-order valence-electron chi connectivity index (χ2n) is 4.77. The molecule has 1 atom stereocenters. The van der Waals surface area contributed by atoms with E-state index in [9.17, 15) is 4.79 Å². The first-order chi connectivity index (χ1) is 8.81. The van der Waals surface area contributed by atoms with Gasteiger partial charge in [-0.05, 0) is 31.7 Å². The standard InChI is InChI=1S/C13H22N4O/c1-2-9-17-11(6-8-16-17)10-15-12-5-3-4-7-14-13(12)18/h6,8,12,15H,2-5,7,9-10H2,1H3,(H,14,18). The van der Waals surface area contributed by atoms with E-state index in [4.69, 9.17) is 0 Å². The van der Waals surface area contributed by atoms with E-state index in [0.29, 0.717) is 6.54 Å². The fraction of sp³-hybridized carbons (Fsp3) is 0.692.